The molecule has 1 amide bonds. The lowest BCUT2D eigenvalue weighted by Crippen LogP contribution is -2.29. The third-order valence-corrected chi connectivity index (χ3v) is 3.89. The van der Waals surface area contributed by atoms with Crippen LogP contribution in [0, 0.1) is 0 Å². The van der Waals surface area contributed by atoms with Crippen molar-refractivity contribution in [2.24, 2.45) is 0 Å². The van der Waals surface area contributed by atoms with Gasteiger partial charge in [-0.25, -0.2) is 5.06 Å². The van der Waals surface area contributed by atoms with E-state index in [9.17, 15) is 9.36 Å². The van der Waals surface area contributed by atoms with E-state index in [2.05, 4.69) is 0 Å². The summed E-state index contributed by atoms with van der Waals surface area (Å²) in [5.74, 6) is -0.540. The van der Waals surface area contributed by atoms with Crippen LogP contribution in [0.4, 0.5) is 0 Å². The topological polar surface area (TPSA) is 101 Å². The number of hydroxylamine groups is 2. The fourth-order valence-electron chi connectivity index (χ4n) is 1.32. The minimum Gasteiger partial charge on any atom is -0.324 e. The number of carbonyl (C=O) groups is 1. The van der Waals surface area contributed by atoms with Gasteiger partial charge in [0.2, 0.25) is 5.91 Å². The van der Waals surface area contributed by atoms with E-state index in [-0.39, 0.29) is 13.0 Å². The Bertz CT molecular complexity index is 291. The van der Waals surface area contributed by atoms with Crippen LogP contribution in [0.15, 0.2) is 0 Å². The van der Waals surface area contributed by atoms with Gasteiger partial charge in [0.25, 0.3) is 0 Å². The van der Waals surface area contributed by atoms with Gasteiger partial charge in [-0.15, -0.1) is 0 Å². The number of hydrogen-bond donors (Lipinski definition) is 3. The molecule has 17 heavy (non-hydrogen) atoms. The van der Waals surface area contributed by atoms with Gasteiger partial charge >= 0.3 is 7.60 Å². The van der Waals surface area contributed by atoms with Gasteiger partial charge in [-0.05, 0) is 33.5 Å². The zero-order valence-electron chi connectivity index (χ0n) is 10.4. The molecule has 0 aromatic carbocycles. The number of hydrogen-bond acceptors (Lipinski definition) is 4. The predicted octanol–water partition coefficient (Wildman–Crippen LogP) is 0.112. The van der Waals surface area contributed by atoms with Crippen LogP contribution in [0.1, 0.15) is 19.8 Å². The molecule has 7 nitrogen and oxygen atoms in total. The summed E-state index contributed by atoms with van der Waals surface area (Å²) in [4.78, 5) is 30.9. The molecule has 0 aromatic heterocycles. The molecule has 0 spiro atoms. The molecule has 0 aliphatic carbocycles. The van der Waals surface area contributed by atoms with Crippen molar-refractivity contribution < 1.29 is 24.4 Å². The molecule has 1 atom stereocenters. The number of carbonyl (C=O) groups excluding carboxylic acids is 1. The second-order valence-electron chi connectivity index (χ2n) is 4.27. The second-order valence-corrected chi connectivity index (χ2v) is 6.17. The molecule has 102 valence electrons. The first-order valence-electron chi connectivity index (χ1n) is 5.31. The van der Waals surface area contributed by atoms with Crippen molar-refractivity contribution in [2.75, 3.05) is 27.2 Å². The first-order valence-corrected chi connectivity index (χ1v) is 6.99. The summed E-state index contributed by atoms with van der Waals surface area (Å²) in [6.07, 6.45) is 0.400. The fourth-order valence-corrected chi connectivity index (χ4v) is 2.22. The van der Waals surface area contributed by atoms with Gasteiger partial charge in [0.05, 0.1) is 5.66 Å². The molecule has 0 aliphatic rings. The predicted molar refractivity (Wildman–Crippen MR) is 62.8 cm³/mol. The highest BCUT2D eigenvalue weighted by Gasteiger charge is 2.28. The standard InChI is InChI=1S/C9H21N2O5P/c1-8(12)11(13)7-5-9(17(14,15)16)4-6-10(2)3/h9,13H,4-7H2,1-3H3,(H2,14,15,16). The van der Waals surface area contributed by atoms with Crippen molar-refractivity contribution in [2.45, 2.75) is 25.4 Å². The number of nitrogens with zero attached hydrogens (tertiary/aromatic N) is 2. The van der Waals surface area contributed by atoms with E-state index in [1.165, 1.54) is 6.92 Å². The maximum Gasteiger partial charge on any atom is 0.328 e. The molecule has 0 bridgehead atoms. The maximum atomic E-state index is 11.2. The summed E-state index contributed by atoms with van der Waals surface area (Å²) in [5, 5.41) is 9.61. The molecule has 0 aliphatic heterocycles. The van der Waals surface area contributed by atoms with Crippen LogP contribution >= 0.6 is 7.60 Å². The Hall–Kier alpha value is -0.460. The third-order valence-electron chi connectivity index (χ3n) is 2.42. The van der Waals surface area contributed by atoms with E-state index >= 15 is 0 Å². The highest BCUT2D eigenvalue weighted by molar-refractivity contribution is 7.52. The first-order chi connectivity index (χ1) is 7.64. The van der Waals surface area contributed by atoms with Gasteiger partial charge in [-0.1, -0.05) is 0 Å². The van der Waals surface area contributed by atoms with Crippen LogP contribution in [-0.2, 0) is 9.36 Å². The van der Waals surface area contributed by atoms with E-state index in [1.807, 2.05) is 19.0 Å². The van der Waals surface area contributed by atoms with Crippen molar-refractivity contribution in [3.8, 4) is 0 Å². The molecular formula is C9H21N2O5P. The van der Waals surface area contributed by atoms with Crippen molar-refractivity contribution in [3.63, 3.8) is 0 Å². The van der Waals surface area contributed by atoms with Gasteiger partial charge in [0.1, 0.15) is 0 Å². The van der Waals surface area contributed by atoms with Crippen LogP contribution in [0.5, 0.6) is 0 Å². The summed E-state index contributed by atoms with van der Waals surface area (Å²) in [5.41, 5.74) is -0.834. The summed E-state index contributed by atoms with van der Waals surface area (Å²) >= 11 is 0. The highest BCUT2D eigenvalue weighted by atomic mass is 31.2. The SMILES string of the molecule is CC(=O)N(O)CCC(CCN(C)C)P(=O)(O)O. The number of amides is 1. The van der Waals surface area contributed by atoms with Crippen LogP contribution in [-0.4, -0.2) is 63.7 Å². The average molecular weight is 268 g/mol. The Labute approximate surface area is 101 Å². The quantitative estimate of drug-likeness (QED) is 0.344. The molecule has 0 rings (SSSR count). The zero-order valence-corrected chi connectivity index (χ0v) is 11.3. The van der Waals surface area contributed by atoms with Gasteiger partial charge in [0, 0.05) is 13.5 Å². The summed E-state index contributed by atoms with van der Waals surface area (Å²) in [7, 11) is -0.574. The van der Waals surface area contributed by atoms with Gasteiger partial charge in [-0.2, -0.15) is 0 Å². The van der Waals surface area contributed by atoms with Crippen LogP contribution in [0.2, 0.25) is 0 Å². The molecule has 0 saturated carbocycles. The van der Waals surface area contributed by atoms with E-state index in [4.69, 9.17) is 15.0 Å². The molecule has 0 saturated heterocycles. The Morgan fingerprint density at radius 2 is 1.71 bits per heavy atom. The lowest BCUT2D eigenvalue weighted by atomic mass is 10.2. The summed E-state index contributed by atoms with van der Waals surface area (Å²) in [6.45, 7) is 1.66. The first kappa shape index (κ1) is 16.5. The Morgan fingerprint density at radius 1 is 1.24 bits per heavy atom. The normalized spacial score (nSPS) is 13.8. The number of rotatable bonds is 7. The Balaban J connectivity index is 4.31. The van der Waals surface area contributed by atoms with Crippen molar-refractivity contribution in [3.05, 3.63) is 0 Å². The largest absolute Gasteiger partial charge is 0.328 e. The third kappa shape index (κ3) is 7.46. The summed E-state index contributed by atoms with van der Waals surface area (Å²) in [6, 6.07) is 0. The molecule has 0 aromatic rings. The second kappa shape index (κ2) is 7.08. The molecular weight excluding hydrogens is 247 g/mol. The van der Waals surface area contributed by atoms with E-state index in [1.54, 1.807) is 0 Å². The highest BCUT2D eigenvalue weighted by Crippen LogP contribution is 2.44. The van der Waals surface area contributed by atoms with E-state index in [0.717, 1.165) is 0 Å². The van der Waals surface area contributed by atoms with Crippen molar-refractivity contribution in [1.29, 1.82) is 0 Å². The molecule has 3 N–H and O–H groups in total. The van der Waals surface area contributed by atoms with Crippen LogP contribution < -0.4 is 0 Å². The minimum absolute atomic E-state index is 0.0709. The Morgan fingerprint density at radius 3 is 2.06 bits per heavy atom. The van der Waals surface area contributed by atoms with E-state index in [0.29, 0.717) is 18.0 Å². The lowest BCUT2D eigenvalue weighted by molar-refractivity contribution is -0.162. The molecule has 1 unspecified atom stereocenters. The van der Waals surface area contributed by atoms with Crippen molar-refractivity contribution in [1.82, 2.24) is 9.96 Å². The van der Waals surface area contributed by atoms with Crippen molar-refractivity contribution >= 4 is 13.5 Å². The molecule has 0 radical (unpaired) electrons. The smallest absolute Gasteiger partial charge is 0.324 e. The van der Waals surface area contributed by atoms with Gasteiger partial charge in [-0.3, -0.25) is 14.6 Å². The minimum atomic E-state index is -4.19. The monoisotopic (exact) mass is 268 g/mol. The van der Waals surface area contributed by atoms with Gasteiger partial charge in [0.15, 0.2) is 0 Å². The average Bonchev–Trinajstić information content (AvgIpc) is 2.14. The maximum absolute atomic E-state index is 11.2. The van der Waals surface area contributed by atoms with E-state index < -0.39 is 19.2 Å². The van der Waals surface area contributed by atoms with Gasteiger partial charge < -0.3 is 14.7 Å². The zero-order chi connectivity index (χ0) is 13.6. The van der Waals surface area contributed by atoms with Crippen LogP contribution in [0.3, 0.4) is 0 Å². The molecule has 0 heterocycles. The lowest BCUT2D eigenvalue weighted by Gasteiger charge is -2.22. The summed E-state index contributed by atoms with van der Waals surface area (Å²) < 4.78 is 11.2. The fraction of sp³-hybridized carbons (Fsp3) is 0.889. The van der Waals surface area contributed by atoms with Crippen LogP contribution in [0.25, 0.3) is 0 Å². The Kier molecular flexibility index (Phi) is 6.89. The molecule has 8 heteroatoms. The molecule has 0 fully saturated rings.